The highest BCUT2D eigenvalue weighted by Crippen LogP contribution is 2.29. The summed E-state index contributed by atoms with van der Waals surface area (Å²) in [6.45, 7) is 1.55. The topological polar surface area (TPSA) is 168 Å². The minimum absolute atomic E-state index is 0.0903. The monoisotopic (exact) mass is 398 g/mol. The van der Waals surface area contributed by atoms with E-state index in [-0.39, 0.29) is 28.4 Å². The van der Waals surface area contributed by atoms with Crippen molar-refractivity contribution in [3.63, 3.8) is 0 Å². The Morgan fingerprint density at radius 3 is 2.24 bits per heavy atom. The van der Waals surface area contributed by atoms with Crippen molar-refractivity contribution in [2.75, 3.05) is 0 Å². The summed E-state index contributed by atoms with van der Waals surface area (Å²) in [5.74, 6) is -1.12. The van der Waals surface area contributed by atoms with Crippen molar-refractivity contribution in [1.29, 1.82) is 0 Å². The number of hydrogen-bond acceptors (Lipinski definition) is 9. The Labute approximate surface area is 161 Å². The van der Waals surface area contributed by atoms with E-state index in [1.165, 1.54) is 18.2 Å². The van der Waals surface area contributed by atoms with E-state index >= 15 is 0 Å². The van der Waals surface area contributed by atoms with E-state index in [4.69, 9.17) is 4.74 Å². The smallest absolute Gasteiger partial charge is 0.363 e. The number of ether oxygens (including phenoxy) is 1. The summed E-state index contributed by atoms with van der Waals surface area (Å²) in [4.78, 5) is 46.9. The van der Waals surface area contributed by atoms with Crippen LogP contribution in [0.4, 0.5) is 17.1 Å². The van der Waals surface area contributed by atoms with E-state index in [1.807, 2.05) is 0 Å². The Balaban J connectivity index is 2.04. The van der Waals surface area contributed by atoms with Gasteiger partial charge in [0.1, 0.15) is 0 Å². The van der Waals surface area contributed by atoms with Crippen LogP contribution in [0.1, 0.15) is 16.7 Å². The lowest BCUT2D eigenvalue weighted by molar-refractivity contribution is -0.394. The Morgan fingerprint density at radius 2 is 1.62 bits per heavy atom. The number of cyclic esters (lactones) is 1. The highest BCUT2D eigenvalue weighted by atomic mass is 16.6. The summed E-state index contributed by atoms with van der Waals surface area (Å²) in [6, 6.07) is 7.06. The molecule has 3 rings (SSSR count). The van der Waals surface area contributed by atoms with Crippen molar-refractivity contribution in [1.82, 2.24) is 0 Å². The van der Waals surface area contributed by atoms with Gasteiger partial charge in [0.15, 0.2) is 5.70 Å². The van der Waals surface area contributed by atoms with Gasteiger partial charge in [-0.2, -0.15) is 0 Å². The minimum Gasteiger partial charge on any atom is -0.402 e. The second kappa shape index (κ2) is 7.26. The molecule has 0 saturated heterocycles. The number of hydrogen-bond donors (Lipinski definition) is 0. The molecule has 146 valence electrons. The lowest BCUT2D eigenvalue weighted by atomic mass is 10.1. The van der Waals surface area contributed by atoms with Gasteiger partial charge in [0.2, 0.25) is 5.90 Å². The van der Waals surface area contributed by atoms with Crippen LogP contribution in [0.15, 0.2) is 47.1 Å². The first-order chi connectivity index (χ1) is 13.7. The fourth-order valence-corrected chi connectivity index (χ4v) is 2.54. The van der Waals surface area contributed by atoms with Crippen LogP contribution >= 0.6 is 0 Å². The van der Waals surface area contributed by atoms with Crippen LogP contribution in [0.25, 0.3) is 6.08 Å². The molecule has 0 spiro atoms. The van der Waals surface area contributed by atoms with Crippen LogP contribution in [0.2, 0.25) is 0 Å². The molecule has 1 aliphatic rings. The largest absolute Gasteiger partial charge is 0.402 e. The van der Waals surface area contributed by atoms with Crippen LogP contribution in [-0.2, 0) is 9.53 Å². The predicted octanol–water partition coefficient (Wildman–Crippen LogP) is 3.06. The molecular weight excluding hydrogens is 388 g/mol. The average molecular weight is 398 g/mol. The predicted molar refractivity (Wildman–Crippen MR) is 98.2 cm³/mol. The van der Waals surface area contributed by atoms with Gasteiger partial charge in [-0.15, -0.1) is 0 Å². The molecule has 2 aromatic carbocycles. The molecule has 2 aromatic rings. The Kier molecular flexibility index (Phi) is 4.83. The van der Waals surface area contributed by atoms with Crippen LogP contribution < -0.4 is 0 Å². The first-order valence-corrected chi connectivity index (χ1v) is 7.88. The van der Waals surface area contributed by atoms with Crippen LogP contribution in [0.3, 0.4) is 0 Å². The quantitative estimate of drug-likeness (QED) is 0.320. The van der Waals surface area contributed by atoms with Crippen molar-refractivity contribution >= 4 is 35.0 Å². The SMILES string of the molecule is Cc1ccc(C2=N/C(=C\c3ccc([N+](=O)[O-])cc3[N+](=O)[O-])C(=O)O2)cc1[N+](=O)[O-]. The molecule has 0 amide bonds. The lowest BCUT2D eigenvalue weighted by Gasteiger charge is -2.01. The summed E-state index contributed by atoms with van der Waals surface area (Å²) in [5, 5.41) is 33.1. The van der Waals surface area contributed by atoms with Gasteiger partial charge in [0, 0.05) is 23.3 Å². The Morgan fingerprint density at radius 1 is 0.931 bits per heavy atom. The zero-order valence-corrected chi connectivity index (χ0v) is 14.6. The third kappa shape index (κ3) is 3.80. The number of carbonyl (C=O) groups is 1. The molecule has 0 saturated carbocycles. The number of nitro benzene ring substituents is 3. The number of aliphatic imine (C=N–C) groups is 1. The van der Waals surface area contributed by atoms with E-state index in [0.717, 1.165) is 24.3 Å². The van der Waals surface area contributed by atoms with Crippen molar-refractivity contribution in [2.45, 2.75) is 6.92 Å². The summed E-state index contributed by atoms with van der Waals surface area (Å²) in [7, 11) is 0. The summed E-state index contributed by atoms with van der Waals surface area (Å²) in [6.07, 6.45) is 1.06. The van der Waals surface area contributed by atoms with Crippen molar-refractivity contribution in [2.24, 2.45) is 4.99 Å². The fourth-order valence-electron chi connectivity index (χ4n) is 2.54. The lowest BCUT2D eigenvalue weighted by Crippen LogP contribution is -2.06. The number of nitro groups is 3. The van der Waals surface area contributed by atoms with Gasteiger partial charge in [-0.3, -0.25) is 30.3 Å². The van der Waals surface area contributed by atoms with Gasteiger partial charge >= 0.3 is 5.97 Å². The molecule has 12 heteroatoms. The summed E-state index contributed by atoms with van der Waals surface area (Å²) < 4.78 is 5.01. The van der Waals surface area contributed by atoms with Gasteiger partial charge in [0.25, 0.3) is 17.1 Å². The third-order valence-corrected chi connectivity index (χ3v) is 3.99. The van der Waals surface area contributed by atoms with E-state index in [0.29, 0.717) is 5.56 Å². The van der Waals surface area contributed by atoms with E-state index in [2.05, 4.69) is 4.99 Å². The molecule has 0 aliphatic carbocycles. The van der Waals surface area contributed by atoms with E-state index in [9.17, 15) is 35.1 Å². The molecule has 1 heterocycles. The molecular formula is C17H10N4O8. The number of aryl methyl sites for hydroxylation is 1. The average Bonchev–Trinajstić information content (AvgIpc) is 3.02. The fraction of sp³-hybridized carbons (Fsp3) is 0.0588. The highest BCUT2D eigenvalue weighted by molar-refractivity contribution is 6.13. The maximum absolute atomic E-state index is 12.1. The number of esters is 1. The molecule has 1 aliphatic heterocycles. The van der Waals surface area contributed by atoms with E-state index < -0.39 is 32.1 Å². The molecule has 0 radical (unpaired) electrons. The minimum atomic E-state index is -0.920. The normalized spacial score (nSPS) is 14.4. The molecule has 0 unspecified atom stereocenters. The maximum Gasteiger partial charge on any atom is 0.363 e. The summed E-state index contributed by atoms with van der Waals surface area (Å²) >= 11 is 0. The van der Waals surface area contributed by atoms with Crippen molar-refractivity contribution in [3.05, 3.63) is 89.1 Å². The van der Waals surface area contributed by atoms with Gasteiger partial charge in [-0.1, -0.05) is 6.07 Å². The number of rotatable bonds is 5. The number of nitrogens with zero attached hydrogens (tertiary/aromatic N) is 4. The van der Waals surface area contributed by atoms with Crippen molar-refractivity contribution < 1.29 is 24.3 Å². The molecule has 0 atom stereocenters. The molecule has 12 nitrogen and oxygen atoms in total. The van der Waals surface area contributed by atoms with Crippen LogP contribution in [0, 0.1) is 37.3 Å². The second-order valence-corrected chi connectivity index (χ2v) is 5.85. The maximum atomic E-state index is 12.1. The number of benzene rings is 2. The van der Waals surface area contributed by atoms with Gasteiger partial charge < -0.3 is 4.74 Å². The summed E-state index contributed by atoms with van der Waals surface area (Å²) in [5.41, 5.74) is -1.06. The molecule has 0 fully saturated rings. The molecule has 29 heavy (non-hydrogen) atoms. The van der Waals surface area contributed by atoms with Crippen molar-refractivity contribution in [3.8, 4) is 0 Å². The first kappa shape index (κ1) is 19.3. The van der Waals surface area contributed by atoms with Gasteiger partial charge in [-0.05, 0) is 25.1 Å². The molecule has 0 aromatic heterocycles. The Bertz CT molecular complexity index is 1150. The van der Waals surface area contributed by atoms with Crippen LogP contribution in [-0.4, -0.2) is 26.6 Å². The van der Waals surface area contributed by atoms with Gasteiger partial charge in [0.05, 0.1) is 26.4 Å². The standard InChI is InChI=1S/C17H10N4O8/c1-9-2-3-11(7-14(9)20(25)26)16-18-13(17(22)29-16)6-10-4-5-12(19(23)24)8-15(10)21(27)28/h2-8H,1H3/b13-6-. The first-order valence-electron chi connectivity index (χ1n) is 7.88. The second-order valence-electron chi connectivity index (χ2n) is 5.85. The van der Waals surface area contributed by atoms with Gasteiger partial charge in [-0.25, -0.2) is 9.79 Å². The number of carbonyl (C=O) groups excluding carboxylic acids is 1. The van der Waals surface area contributed by atoms with E-state index in [1.54, 1.807) is 6.92 Å². The molecule has 0 N–H and O–H groups in total. The highest BCUT2D eigenvalue weighted by Gasteiger charge is 2.27. The number of non-ortho nitro benzene ring substituents is 1. The zero-order valence-electron chi connectivity index (χ0n) is 14.6. The zero-order chi connectivity index (χ0) is 21.3. The van der Waals surface area contributed by atoms with Crippen LogP contribution in [0.5, 0.6) is 0 Å². The third-order valence-electron chi connectivity index (χ3n) is 3.99. The Hall–Kier alpha value is -4.48. The molecule has 0 bridgehead atoms.